The smallest absolute Gasteiger partial charge is 0.257 e. The summed E-state index contributed by atoms with van der Waals surface area (Å²) in [5, 5.41) is 9.22. The molecule has 0 aromatic heterocycles. The summed E-state index contributed by atoms with van der Waals surface area (Å²) in [7, 11) is 0. The molecule has 0 radical (unpaired) electrons. The Bertz CT molecular complexity index is 792. The Morgan fingerprint density at radius 1 is 1.08 bits per heavy atom. The molecule has 0 bridgehead atoms. The van der Waals surface area contributed by atoms with Crippen LogP contribution in [0, 0.1) is 23.3 Å². The molecule has 1 fully saturated rings. The number of phenolic OH excluding ortho intramolecular Hbond substituents is 1. The van der Waals surface area contributed by atoms with E-state index in [9.17, 15) is 27.5 Å². The number of hydrogen-bond donors (Lipinski definition) is 1. The van der Waals surface area contributed by atoms with Crippen LogP contribution in [0.1, 0.15) is 28.3 Å². The zero-order chi connectivity index (χ0) is 17.4. The van der Waals surface area contributed by atoms with Gasteiger partial charge in [-0.2, -0.15) is 4.39 Å². The predicted octanol–water partition coefficient (Wildman–Crippen LogP) is 3.58. The third-order valence-electron chi connectivity index (χ3n) is 4.18. The molecule has 7 heteroatoms. The number of likely N-dealkylation sites (tertiary alicyclic amines) is 1. The highest BCUT2D eigenvalue weighted by Crippen LogP contribution is 2.31. The summed E-state index contributed by atoms with van der Waals surface area (Å²) in [5.74, 6) is -7.47. The molecule has 0 saturated carbocycles. The molecule has 3 nitrogen and oxygen atoms in total. The molecule has 1 heterocycles. The van der Waals surface area contributed by atoms with Crippen LogP contribution < -0.4 is 0 Å². The van der Waals surface area contributed by atoms with Gasteiger partial charge in [-0.05, 0) is 30.2 Å². The number of amides is 1. The van der Waals surface area contributed by atoms with Crippen LogP contribution >= 0.6 is 0 Å². The number of nitrogens with zero attached hydrogens (tertiary/aromatic N) is 1. The van der Waals surface area contributed by atoms with Crippen molar-refractivity contribution in [2.75, 3.05) is 13.1 Å². The van der Waals surface area contributed by atoms with Gasteiger partial charge in [0.15, 0.2) is 17.4 Å². The van der Waals surface area contributed by atoms with Crippen LogP contribution in [-0.4, -0.2) is 29.0 Å². The number of hydrogen-bond acceptors (Lipinski definition) is 2. The van der Waals surface area contributed by atoms with E-state index >= 15 is 0 Å². The van der Waals surface area contributed by atoms with Gasteiger partial charge in [0.2, 0.25) is 5.82 Å². The summed E-state index contributed by atoms with van der Waals surface area (Å²) in [6.07, 6.45) is 0.578. The Hall–Kier alpha value is -2.57. The summed E-state index contributed by atoms with van der Waals surface area (Å²) in [5.41, 5.74) is 0.117. The fourth-order valence-corrected chi connectivity index (χ4v) is 2.87. The molecule has 1 amide bonds. The second kappa shape index (κ2) is 6.14. The average Bonchev–Trinajstić information content (AvgIpc) is 3.06. The lowest BCUT2D eigenvalue weighted by atomic mass is 9.98. The van der Waals surface area contributed by atoms with Gasteiger partial charge in [0.05, 0.1) is 5.56 Å². The zero-order valence-corrected chi connectivity index (χ0v) is 12.4. The van der Waals surface area contributed by atoms with E-state index in [-0.39, 0.29) is 18.3 Å². The summed E-state index contributed by atoms with van der Waals surface area (Å²) >= 11 is 0. The van der Waals surface area contributed by atoms with Crippen LogP contribution in [0.4, 0.5) is 17.6 Å². The highest BCUT2D eigenvalue weighted by molar-refractivity contribution is 5.95. The molecule has 1 aliphatic rings. The van der Waals surface area contributed by atoms with Crippen molar-refractivity contribution in [1.29, 1.82) is 0 Å². The summed E-state index contributed by atoms with van der Waals surface area (Å²) in [4.78, 5) is 13.6. The standard InChI is InChI=1S/C17H13F4NO2/c18-11-3-1-9(2-4-11)10-5-6-22(8-10)17(24)12-7-13(19)15(21)16(23)14(12)20/h1-4,7,10,23H,5-6,8H2/t10-/m0/s1. The minimum Gasteiger partial charge on any atom is -0.503 e. The average molecular weight is 339 g/mol. The van der Waals surface area contributed by atoms with Gasteiger partial charge in [-0.25, -0.2) is 13.2 Å². The first-order valence-corrected chi connectivity index (χ1v) is 7.29. The van der Waals surface area contributed by atoms with E-state index in [1.807, 2.05) is 0 Å². The van der Waals surface area contributed by atoms with Crippen molar-refractivity contribution in [3.8, 4) is 5.75 Å². The second-order valence-electron chi connectivity index (χ2n) is 5.67. The largest absolute Gasteiger partial charge is 0.503 e. The third kappa shape index (κ3) is 2.81. The van der Waals surface area contributed by atoms with E-state index < -0.39 is 34.7 Å². The number of rotatable bonds is 2. The van der Waals surface area contributed by atoms with Crippen LogP contribution in [-0.2, 0) is 0 Å². The Kier molecular flexibility index (Phi) is 4.17. The number of carbonyl (C=O) groups excluding carboxylic acids is 1. The first kappa shape index (κ1) is 16.3. The minimum atomic E-state index is -1.73. The fourth-order valence-electron chi connectivity index (χ4n) is 2.87. The predicted molar refractivity (Wildman–Crippen MR) is 77.6 cm³/mol. The minimum absolute atomic E-state index is 0.0588. The molecular weight excluding hydrogens is 326 g/mol. The van der Waals surface area contributed by atoms with E-state index in [2.05, 4.69) is 0 Å². The molecule has 2 aromatic rings. The van der Waals surface area contributed by atoms with Gasteiger partial charge >= 0.3 is 0 Å². The SMILES string of the molecule is O=C(c1cc(F)c(F)c(O)c1F)N1CC[C@H](c2ccc(F)cc2)C1. The lowest BCUT2D eigenvalue weighted by Gasteiger charge is -2.17. The molecule has 24 heavy (non-hydrogen) atoms. The summed E-state index contributed by atoms with van der Waals surface area (Å²) < 4.78 is 53.3. The fraction of sp³-hybridized carbons (Fsp3) is 0.235. The molecule has 0 unspecified atom stereocenters. The quantitative estimate of drug-likeness (QED) is 0.671. The zero-order valence-electron chi connectivity index (χ0n) is 12.4. The van der Waals surface area contributed by atoms with Gasteiger partial charge in [-0.1, -0.05) is 12.1 Å². The Labute approximate surface area is 135 Å². The van der Waals surface area contributed by atoms with E-state index in [1.54, 1.807) is 12.1 Å². The van der Waals surface area contributed by atoms with Gasteiger partial charge in [0, 0.05) is 19.0 Å². The summed E-state index contributed by atoms with van der Waals surface area (Å²) in [6.45, 7) is 0.531. The van der Waals surface area contributed by atoms with E-state index in [4.69, 9.17) is 0 Å². The highest BCUT2D eigenvalue weighted by atomic mass is 19.2. The Balaban J connectivity index is 1.81. The van der Waals surface area contributed by atoms with Crippen molar-refractivity contribution in [1.82, 2.24) is 4.90 Å². The van der Waals surface area contributed by atoms with Crippen molar-refractivity contribution < 1.29 is 27.5 Å². The maximum Gasteiger partial charge on any atom is 0.257 e. The molecule has 2 aromatic carbocycles. The van der Waals surface area contributed by atoms with Gasteiger partial charge in [-0.3, -0.25) is 4.79 Å². The number of benzene rings is 2. The van der Waals surface area contributed by atoms with Crippen molar-refractivity contribution in [3.63, 3.8) is 0 Å². The third-order valence-corrected chi connectivity index (χ3v) is 4.18. The molecule has 1 aliphatic heterocycles. The van der Waals surface area contributed by atoms with Crippen molar-refractivity contribution in [2.45, 2.75) is 12.3 Å². The lowest BCUT2D eigenvalue weighted by Crippen LogP contribution is -2.29. The Morgan fingerprint density at radius 3 is 2.42 bits per heavy atom. The Morgan fingerprint density at radius 2 is 1.75 bits per heavy atom. The molecule has 1 N–H and O–H groups in total. The van der Waals surface area contributed by atoms with Crippen LogP contribution in [0.15, 0.2) is 30.3 Å². The first-order chi connectivity index (χ1) is 11.4. The van der Waals surface area contributed by atoms with Gasteiger partial charge in [0.25, 0.3) is 5.91 Å². The number of halogens is 4. The summed E-state index contributed by atoms with van der Waals surface area (Å²) in [6, 6.07) is 6.29. The number of phenols is 1. The maximum atomic E-state index is 13.9. The lowest BCUT2D eigenvalue weighted by molar-refractivity contribution is 0.0784. The molecule has 1 saturated heterocycles. The molecule has 0 aliphatic carbocycles. The normalized spacial score (nSPS) is 17.3. The maximum absolute atomic E-state index is 13.9. The number of carbonyl (C=O) groups is 1. The number of aromatic hydroxyl groups is 1. The topological polar surface area (TPSA) is 40.5 Å². The van der Waals surface area contributed by atoms with Gasteiger partial charge in [0.1, 0.15) is 5.82 Å². The van der Waals surface area contributed by atoms with Gasteiger partial charge < -0.3 is 10.0 Å². The highest BCUT2D eigenvalue weighted by Gasteiger charge is 2.31. The van der Waals surface area contributed by atoms with Crippen molar-refractivity contribution >= 4 is 5.91 Å². The van der Waals surface area contributed by atoms with Crippen LogP contribution in [0.3, 0.4) is 0 Å². The molecule has 3 rings (SSSR count). The monoisotopic (exact) mass is 339 g/mol. The molecule has 1 atom stereocenters. The van der Waals surface area contributed by atoms with E-state index in [0.717, 1.165) is 5.56 Å². The van der Waals surface area contributed by atoms with Gasteiger partial charge in [-0.15, -0.1) is 0 Å². The van der Waals surface area contributed by atoms with E-state index in [0.29, 0.717) is 19.0 Å². The van der Waals surface area contributed by atoms with Crippen LogP contribution in [0.2, 0.25) is 0 Å². The van der Waals surface area contributed by atoms with Crippen LogP contribution in [0.25, 0.3) is 0 Å². The van der Waals surface area contributed by atoms with Crippen molar-refractivity contribution in [3.05, 3.63) is 64.7 Å². The first-order valence-electron chi connectivity index (χ1n) is 7.29. The molecule has 126 valence electrons. The molecular formula is C17H13F4NO2. The molecule has 0 spiro atoms. The second-order valence-corrected chi connectivity index (χ2v) is 5.67. The van der Waals surface area contributed by atoms with Crippen LogP contribution in [0.5, 0.6) is 5.75 Å². The van der Waals surface area contributed by atoms with Crippen molar-refractivity contribution in [2.24, 2.45) is 0 Å². The van der Waals surface area contributed by atoms with E-state index in [1.165, 1.54) is 17.0 Å².